The van der Waals surface area contributed by atoms with Gasteiger partial charge in [-0.05, 0) is 54.8 Å². The maximum absolute atomic E-state index is 13.0. The molecular weight excluding hydrogens is 394 g/mol. The molecule has 1 amide bonds. The molecule has 0 N–H and O–H groups in total. The fraction of sp³-hybridized carbons (Fsp3) is 0.333. The lowest BCUT2D eigenvalue weighted by Crippen LogP contribution is -2.39. The maximum Gasteiger partial charge on any atom is 0.223 e. The highest BCUT2D eigenvalue weighted by atomic mass is 32.1. The molecule has 0 saturated heterocycles. The average Bonchev–Trinajstić information content (AvgIpc) is 3.39. The first-order valence-corrected chi connectivity index (χ1v) is 11.6. The lowest BCUT2D eigenvalue weighted by atomic mass is 9.97. The number of ketones is 1. The summed E-state index contributed by atoms with van der Waals surface area (Å²) < 4.78 is 0. The van der Waals surface area contributed by atoms with Crippen LogP contribution in [0.4, 0.5) is 0 Å². The van der Waals surface area contributed by atoms with E-state index in [1.165, 1.54) is 15.3 Å². The van der Waals surface area contributed by atoms with Crippen LogP contribution < -0.4 is 0 Å². The Morgan fingerprint density at radius 2 is 2.00 bits per heavy atom. The number of Topliss-reactive ketones (excluding diaryl/α,β-unsaturated/α-hetero) is 1. The van der Waals surface area contributed by atoms with Crippen molar-refractivity contribution >= 4 is 45.7 Å². The molecule has 0 unspecified atom stereocenters. The molecule has 3 aromatic heterocycles. The van der Waals surface area contributed by atoms with Crippen LogP contribution in [0.2, 0.25) is 0 Å². The van der Waals surface area contributed by atoms with Crippen molar-refractivity contribution in [3.63, 3.8) is 0 Å². The van der Waals surface area contributed by atoms with E-state index in [2.05, 4.69) is 22.9 Å². The molecule has 0 spiro atoms. The first kappa shape index (κ1) is 18.6. The zero-order valence-electron chi connectivity index (χ0n) is 15.4. The lowest BCUT2D eigenvalue weighted by molar-refractivity contribution is -0.133. The molecule has 3 nitrogen and oxygen atoms in total. The third-order valence-corrected chi connectivity index (χ3v) is 7.89. The van der Waals surface area contributed by atoms with Crippen LogP contribution in [0.1, 0.15) is 54.3 Å². The van der Waals surface area contributed by atoms with Gasteiger partial charge in [-0.2, -0.15) is 0 Å². The number of amides is 1. The van der Waals surface area contributed by atoms with Crippen LogP contribution in [0, 0.1) is 13.8 Å². The van der Waals surface area contributed by atoms with E-state index in [1.54, 1.807) is 34.0 Å². The lowest BCUT2D eigenvalue weighted by Gasteiger charge is -2.35. The number of aryl methyl sites for hydroxylation is 2. The second kappa shape index (κ2) is 7.70. The predicted octanol–water partition coefficient (Wildman–Crippen LogP) is 5.63. The zero-order valence-corrected chi connectivity index (χ0v) is 17.8. The molecule has 0 bridgehead atoms. The highest BCUT2D eigenvalue weighted by Crippen LogP contribution is 2.39. The summed E-state index contributed by atoms with van der Waals surface area (Å²) in [5, 5.41) is 4.17. The molecule has 0 fully saturated rings. The molecule has 1 atom stereocenters. The van der Waals surface area contributed by atoms with Crippen molar-refractivity contribution < 1.29 is 9.59 Å². The van der Waals surface area contributed by atoms with Crippen LogP contribution in [0.25, 0.3) is 0 Å². The molecular formula is C21H21NO2S3. The SMILES string of the molecule is Cc1cc(C(=O)CCC(=O)N2CCc3sccc3[C@H]2c2cccs2)c(C)s1. The minimum absolute atomic E-state index is 0.00673. The molecule has 4 rings (SSSR count). The third-order valence-electron chi connectivity index (χ3n) is 5.01. The summed E-state index contributed by atoms with van der Waals surface area (Å²) in [7, 11) is 0. The molecule has 0 saturated carbocycles. The number of fused-ring (bicyclic) bond motifs is 1. The van der Waals surface area contributed by atoms with E-state index in [0.29, 0.717) is 0 Å². The second-order valence-electron chi connectivity index (χ2n) is 6.80. The van der Waals surface area contributed by atoms with Crippen molar-refractivity contribution in [1.82, 2.24) is 4.90 Å². The monoisotopic (exact) mass is 415 g/mol. The number of thiophene rings is 3. The van der Waals surface area contributed by atoms with Gasteiger partial charge in [-0.1, -0.05) is 6.07 Å². The Balaban J connectivity index is 1.51. The number of nitrogens with zero attached hydrogens (tertiary/aromatic N) is 1. The van der Waals surface area contributed by atoms with E-state index >= 15 is 0 Å². The third kappa shape index (κ3) is 3.66. The summed E-state index contributed by atoms with van der Waals surface area (Å²) >= 11 is 5.10. The Kier molecular flexibility index (Phi) is 5.30. The number of hydrogen-bond acceptors (Lipinski definition) is 5. The van der Waals surface area contributed by atoms with Crippen molar-refractivity contribution in [2.24, 2.45) is 0 Å². The van der Waals surface area contributed by atoms with Crippen molar-refractivity contribution in [2.45, 2.75) is 39.2 Å². The summed E-state index contributed by atoms with van der Waals surface area (Å²) in [6.07, 6.45) is 1.45. The molecule has 27 heavy (non-hydrogen) atoms. The largest absolute Gasteiger partial charge is 0.330 e. The molecule has 1 aliphatic heterocycles. The molecule has 1 aliphatic rings. The van der Waals surface area contributed by atoms with E-state index in [0.717, 1.165) is 28.3 Å². The van der Waals surface area contributed by atoms with Crippen molar-refractivity contribution in [1.29, 1.82) is 0 Å². The van der Waals surface area contributed by atoms with Gasteiger partial charge >= 0.3 is 0 Å². The fourth-order valence-electron chi connectivity index (χ4n) is 3.75. The maximum atomic E-state index is 13.0. The molecule has 3 aromatic rings. The highest BCUT2D eigenvalue weighted by molar-refractivity contribution is 7.12. The van der Waals surface area contributed by atoms with Gasteiger partial charge in [-0.3, -0.25) is 9.59 Å². The quantitative estimate of drug-likeness (QED) is 0.507. The standard InChI is InChI=1S/C21H21NO2S3/c1-13-12-16(14(2)27-13)17(23)5-6-20(24)22-9-7-18-15(8-11-26-18)21(22)19-4-3-10-25-19/h3-4,8,10-12,21H,5-7,9H2,1-2H3/t21-/m0/s1. The number of carbonyl (C=O) groups is 2. The molecule has 0 radical (unpaired) electrons. The van der Waals surface area contributed by atoms with Crippen molar-refractivity contribution in [2.75, 3.05) is 6.54 Å². The number of rotatable bonds is 5. The van der Waals surface area contributed by atoms with Gasteiger partial charge in [-0.15, -0.1) is 34.0 Å². The van der Waals surface area contributed by atoms with E-state index in [9.17, 15) is 9.59 Å². The first-order chi connectivity index (χ1) is 13.0. The van der Waals surface area contributed by atoms with Crippen molar-refractivity contribution in [3.05, 3.63) is 65.7 Å². The predicted molar refractivity (Wildman–Crippen MR) is 113 cm³/mol. The summed E-state index contributed by atoms with van der Waals surface area (Å²) in [6, 6.07) is 8.22. The first-order valence-electron chi connectivity index (χ1n) is 9.04. The van der Waals surface area contributed by atoms with Gasteiger partial charge in [0.25, 0.3) is 0 Å². The Bertz CT molecular complexity index is 968. The fourth-order valence-corrected chi connectivity index (χ4v) is 6.45. The van der Waals surface area contributed by atoms with Crippen LogP contribution in [-0.2, 0) is 11.2 Å². The van der Waals surface area contributed by atoms with Crippen LogP contribution >= 0.6 is 34.0 Å². The van der Waals surface area contributed by atoms with E-state index in [-0.39, 0.29) is 30.6 Å². The van der Waals surface area contributed by atoms with Gasteiger partial charge < -0.3 is 4.90 Å². The molecule has 4 heterocycles. The Morgan fingerprint density at radius 1 is 1.15 bits per heavy atom. The average molecular weight is 416 g/mol. The van der Waals surface area contributed by atoms with Crippen LogP contribution in [0.15, 0.2) is 35.0 Å². The van der Waals surface area contributed by atoms with E-state index in [1.807, 2.05) is 30.9 Å². The van der Waals surface area contributed by atoms with Crippen molar-refractivity contribution in [3.8, 4) is 0 Å². The summed E-state index contributed by atoms with van der Waals surface area (Å²) in [5.74, 6) is 0.148. The minimum Gasteiger partial charge on any atom is -0.330 e. The Morgan fingerprint density at radius 3 is 2.70 bits per heavy atom. The highest BCUT2D eigenvalue weighted by Gasteiger charge is 2.33. The smallest absolute Gasteiger partial charge is 0.223 e. The van der Waals surface area contributed by atoms with Crippen LogP contribution in [-0.4, -0.2) is 23.1 Å². The summed E-state index contributed by atoms with van der Waals surface area (Å²) in [5.41, 5.74) is 2.02. The van der Waals surface area contributed by atoms with Gasteiger partial charge in [0.1, 0.15) is 0 Å². The van der Waals surface area contributed by atoms with Gasteiger partial charge in [0.05, 0.1) is 6.04 Å². The molecule has 0 aromatic carbocycles. The summed E-state index contributed by atoms with van der Waals surface area (Å²) in [6.45, 7) is 4.71. The molecule has 140 valence electrons. The van der Waals surface area contributed by atoms with E-state index in [4.69, 9.17) is 0 Å². The normalized spacial score (nSPS) is 16.4. The van der Waals surface area contributed by atoms with Gasteiger partial charge in [0.2, 0.25) is 5.91 Å². The molecule has 0 aliphatic carbocycles. The minimum atomic E-state index is -0.00673. The van der Waals surface area contributed by atoms with Gasteiger partial charge in [-0.25, -0.2) is 0 Å². The summed E-state index contributed by atoms with van der Waals surface area (Å²) in [4.78, 5) is 32.3. The van der Waals surface area contributed by atoms with Crippen LogP contribution in [0.3, 0.4) is 0 Å². The Labute approximate surface area is 171 Å². The number of hydrogen-bond donors (Lipinski definition) is 0. The Hall–Kier alpha value is -1.76. The zero-order chi connectivity index (χ0) is 19.0. The topological polar surface area (TPSA) is 37.4 Å². The second-order valence-corrected chi connectivity index (χ2v) is 10.2. The molecule has 6 heteroatoms. The van der Waals surface area contributed by atoms with Gasteiger partial charge in [0.15, 0.2) is 5.78 Å². The van der Waals surface area contributed by atoms with E-state index < -0.39 is 0 Å². The van der Waals surface area contributed by atoms with Gasteiger partial charge in [0, 0.05) is 44.5 Å². The van der Waals surface area contributed by atoms with Crippen LogP contribution in [0.5, 0.6) is 0 Å². The number of carbonyl (C=O) groups excluding carboxylic acids is 2.